The molecule has 0 aliphatic carbocycles. The molecule has 0 unspecified atom stereocenters. The molecule has 3 aromatic rings. The van der Waals surface area contributed by atoms with Crippen LogP contribution in [0.3, 0.4) is 0 Å². The molecule has 2 aromatic carbocycles. The number of rotatable bonds is 2. The normalized spacial score (nSPS) is 13.0. The number of hydrogen-bond donors (Lipinski definition) is 0. The van der Waals surface area contributed by atoms with E-state index < -0.39 is 5.97 Å². The van der Waals surface area contributed by atoms with Crippen LogP contribution in [0.4, 0.5) is 0 Å². The Bertz CT molecular complexity index is 1080. The summed E-state index contributed by atoms with van der Waals surface area (Å²) in [6.45, 7) is 0.689. The van der Waals surface area contributed by atoms with Crippen LogP contribution < -0.4 is 10.3 Å². The molecule has 4 rings (SSSR count). The number of ether oxygens (including phenoxy) is 1. The van der Waals surface area contributed by atoms with Crippen molar-refractivity contribution in [2.75, 3.05) is 0 Å². The SMILES string of the molecule is O=C(Oc1cc(Cl)ccc1Cl)c1ccc2c(=O)n3c(nc2c1)CCC3. The molecule has 25 heavy (non-hydrogen) atoms. The number of fused-ring (bicyclic) bond motifs is 2. The molecule has 0 atom stereocenters. The largest absolute Gasteiger partial charge is 0.421 e. The van der Waals surface area contributed by atoms with Crippen LogP contribution in [0.1, 0.15) is 22.6 Å². The number of halogens is 2. The average molecular weight is 375 g/mol. The molecule has 0 saturated heterocycles. The predicted molar refractivity (Wildman–Crippen MR) is 95.7 cm³/mol. The van der Waals surface area contributed by atoms with E-state index in [2.05, 4.69) is 4.98 Å². The monoisotopic (exact) mass is 374 g/mol. The van der Waals surface area contributed by atoms with Crippen LogP contribution in [-0.2, 0) is 13.0 Å². The van der Waals surface area contributed by atoms with Crippen LogP contribution >= 0.6 is 23.2 Å². The Morgan fingerprint density at radius 1 is 1.16 bits per heavy atom. The van der Waals surface area contributed by atoms with Crippen LogP contribution in [0.15, 0.2) is 41.2 Å². The van der Waals surface area contributed by atoms with E-state index >= 15 is 0 Å². The average Bonchev–Trinajstić information content (AvgIpc) is 3.06. The third-order valence-electron chi connectivity index (χ3n) is 4.15. The number of carbonyl (C=O) groups is 1. The van der Waals surface area contributed by atoms with Gasteiger partial charge in [0.15, 0.2) is 5.75 Å². The molecule has 0 radical (unpaired) electrons. The lowest BCUT2D eigenvalue weighted by atomic mass is 10.1. The lowest BCUT2D eigenvalue weighted by Gasteiger charge is -2.08. The summed E-state index contributed by atoms with van der Waals surface area (Å²) in [5.74, 6) is 0.343. The molecule has 0 fully saturated rings. The van der Waals surface area contributed by atoms with Crippen molar-refractivity contribution in [1.82, 2.24) is 9.55 Å². The molecule has 0 amide bonds. The zero-order valence-corrected chi connectivity index (χ0v) is 14.5. The first-order valence-corrected chi connectivity index (χ1v) is 8.49. The molecule has 0 saturated carbocycles. The highest BCUT2D eigenvalue weighted by Gasteiger charge is 2.18. The molecular weight excluding hydrogens is 363 g/mol. The summed E-state index contributed by atoms with van der Waals surface area (Å²) < 4.78 is 7.00. The van der Waals surface area contributed by atoms with Crippen LogP contribution in [0.25, 0.3) is 10.9 Å². The fraction of sp³-hybridized carbons (Fsp3) is 0.167. The van der Waals surface area contributed by atoms with E-state index in [4.69, 9.17) is 27.9 Å². The Labute approximate surface area is 152 Å². The van der Waals surface area contributed by atoms with Crippen molar-refractivity contribution in [3.63, 3.8) is 0 Å². The van der Waals surface area contributed by atoms with E-state index in [1.165, 1.54) is 6.07 Å². The zero-order chi connectivity index (χ0) is 17.6. The summed E-state index contributed by atoms with van der Waals surface area (Å²) in [5.41, 5.74) is 0.707. The highest BCUT2D eigenvalue weighted by molar-refractivity contribution is 6.34. The van der Waals surface area contributed by atoms with Gasteiger partial charge in [-0.2, -0.15) is 0 Å². The van der Waals surface area contributed by atoms with Crippen molar-refractivity contribution in [3.8, 4) is 5.75 Å². The smallest absolute Gasteiger partial charge is 0.343 e. The molecule has 0 N–H and O–H groups in total. The molecular formula is C18H12Cl2N2O3. The highest BCUT2D eigenvalue weighted by atomic mass is 35.5. The van der Waals surface area contributed by atoms with E-state index in [9.17, 15) is 9.59 Å². The van der Waals surface area contributed by atoms with Gasteiger partial charge in [-0.15, -0.1) is 0 Å². The summed E-state index contributed by atoms with van der Waals surface area (Å²) in [6, 6.07) is 9.35. The maximum Gasteiger partial charge on any atom is 0.343 e. The van der Waals surface area contributed by atoms with Crippen molar-refractivity contribution in [2.24, 2.45) is 0 Å². The standard InChI is InChI=1S/C18H12Cl2N2O3/c19-11-4-6-13(20)15(9-11)25-18(24)10-3-5-12-14(8-10)21-16-2-1-7-22(16)17(12)23/h3-6,8-9H,1-2,7H2. The van der Waals surface area contributed by atoms with Crippen molar-refractivity contribution in [1.29, 1.82) is 0 Å². The predicted octanol–water partition coefficient (Wildman–Crippen LogP) is 3.87. The Morgan fingerprint density at radius 2 is 2.00 bits per heavy atom. The fourth-order valence-corrected chi connectivity index (χ4v) is 3.24. The Hall–Kier alpha value is -2.37. The van der Waals surface area contributed by atoms with Gasteiger partial charge in [-0.05, 0) is 36.8 Å². The van der Waals surface area contributed by atoms with Crippen LogP contribution in [-0.4, -0.2) is 15.5 Å². The summed E-state index contributed by atoms with van der Waals surface area (Å²) in [6.07, 6.45) is 1.67. The van der Waals surface area contributed by atoms with Gasteiger partial charge in [-0.3, -0.25) is 9.36 Å². The molecule has 1 aromatic heterocycles. The Balaban J connectivity index is 1.72. The number of aromatic nitrogens is 2. The van der Waals surface area contributed by atoms with E-state index in [0.29, 0.717) is 28.0 Å². The second kappa shape index (κ2) is 6.17. The van der Waals surface area contributed by atoms with E-state index in [1.807, 2.05) is 0 Å². The third-order valence-corrected chi connectivity index (χ3v) is 4.70. The van der Waals surface area contributed by atoms with Crippen molar-refractivity contribution in [3.05, 3.63) is 68.2 Å². The van der Waals surface area contributed by atoms with Gasteiger partial charge in [0.05, 0.1) is 21.5 Å². The van der Waals surface area contributed by atoms with Gasteiger partial charge in [0.1, 0.15) is 5.82 Å². The molecule has 2 heterocycles. The van der Waals surface area contributed by atoms with Gasteiger partial charge in [0, 0.05) is 24.1 Å². The first-order chi connectivity index (χ1) is 12.0. The Kier molecular flexibility index (Phi) is 3.98. The minimum absolute atomic E-state index is 0.0738. The summed E-state index contributed by atoms with van der Waals surface area (Å²) >= 11 is 11.9. The van der Waals surface area contributed by atoms with E-state index in [0.717, 1.165) is 18.7 Å². The molecule has 5 nitrogen and oxygen atoms in total. The number of nitrogens with zero attached hydrogens (tertiary/aromatic N) is 2. The topological polar surface area (TPSA) is 61.2 Å². The van der Waals surface area contributed by atoms with Crippen molar-refractivity contribution < 1.29 is 9.53 Å². The van der Waals surface area contributed by atoms with Gasteiger partial charge in [-0.25, -0.2) is 9.78 Å². The Morgan fingerprint density at radius 3 is 2.84 bits per heavy atom. The van der Waals surface area contributed by atoms with Crippen LogP contribution in [0.2, 0.25) is 10.0 Å². The molecule has 126 valence electrons. The van der Waals surface area contributed by atoms with Crippen molar-refractivity contribution in [2.45, 2.75) is 19.4 Å². The lowest BCUT2D eigenvalue weighted by molar-refractivity contribution is 0.0735. The van der Waals surface area contributed by atoms with E-state index in [-0.39, 0.29) is 16.3 Å². The van der Waals surface area contributed by atoms with Gasteiger partial charge < -0.3 is 4.74 Å². The maximum absolute atomic E-state index is 12.4. The van der Waals surface area contributed by atoms with Gasteiger partial charge >= 0.3 is 5.97 Å². The first kappa shape index (κ1) is 16.1. The van der Waals surface area contributed by atoms with Gasteiger partial charge in [0.25, 0.3) is 5.56 Å². The van der Waals surface area contributed by atoms with Gasteiger partial charge in [0.2, 0.25) is 0 Å². The summed E-state index contributed by atoms with van der Waals surface area (Å²) in [5, 5.41) is 1.19. The van der Waals surface area contributed by atoms with E-state index in [1.54, 1.807) is 34.9 Å². The lowest BCUT2D eigenvalue weighted by Crippen LogP contribution is -2.21. The van der Waals surface area contributed by atoms with Crippen molar-refractivity contribution >= 4 is 40.1 Å². The second-order valence-electron chi connectivity index (χ2n) is 5.78. The first-order valence-electron chi connectivity index (χ1n) is 7.73. The molecule has 1 aliphatic heterocycles. The molecule has 1 aliphatic rings. The minimum atomic E-state index is -0.589. The third kappa shape index (κ3) is 2.90. The molecule has 0 bridgehead atoms. The number of aryl methyl sites for hydroxylation is 1. The van der Waals surface area contributed by atoms with Gasteiger partial charge in [-0.1, -0.05) is 23.2 Å². The fourth-order valence-electron chi connectivity index (χ4n) is 2.92. The number of hydrogen-bond acceptors (Lipinski definition) is 4. The van der Waals surface area contributed by atoms with Crippen LogP contribution in [0.5, 0.6) is 5.75 Å². The number of esters is 1. The second-order valence-corrected chi connectivity index (χ2v) is 6.63. The quantitative estimate of drug-likeness (QED) is 0.504. The molecule has 0 spiro atoms. The minimum Gasteiger partial charge on any atom is -0.421 e. The maximum atomic E-state index is 12.4. The molecule has 7 heteroatoms. The zero-order valence-electron chi connectivity index (χ0n) is 13.0. The number of benzene rings is 2. The highest BCUT2D eigenvalue weighted by Crippen LogP contribution is 2.28. The summed E-state index contributed by atoms with van der Waals surface area (Å²) in [4.78, 5) is 29.4. The van der Waals surface area contributed by atoms with Crippen LogP contribution in [0, 0.1) is 0 Å². The summed E-state index contributed by atoms with van der Waals surface area (Å²) in [7, 11) is 0. The number of carbonyl (C=O) groups excluding carboxylic acids is 1.